The lowest BCUT2D eigenvalue weighted by Crippen LogP contribution is -2.22. The van der Waals surface area contributed by atoms with Crippen LogP contribution in [0, 0.1) is 11.3 Å². The highest BCUT2D eigenvalue weighted by atomic mass is 16.3. The molecule has 90 valence electrons. The third-order valence-corrected chi connectivity index (χ3v) is 3.18. The van der Waals surface area contributed by atoms with Gasteiger partial charge in [-0.05, 0) is 12.1 Å². The standard InChI is InChI=1S/C15H7NO3/c16-7-11-12(17)6-5-10-13(11)15(19)9-4-2-1-3-8(9)14(10)18/h1-6,17H. The maximum absolute atomic E-state index is 12.4. The molecule has 0 unspecified atom stereocenters. The van der Waals surface area contributed by atoms with Gasteiger partial charge in [-0.2, -0.15) is 5.26 Å². The first-order valence-electron chi connectivity index (χ1n) is 5.59. The maximum Gasteiger partial charge on any atom is 0.195 e. The summed E-state index contributed by atoms with van der Waals surface area (Å²) in [5.74, 6) is -0.999. The Kier molecular flexibility index (Phi) is 2.23. The van der Waals surface area contributed by atoms with E-state index in [-0.39, 0.29) is 33.8 Å². The van der Waals surface area contributed by atoms with Gasteiger partial charge in [0.15, 0.2) is 11.6 Å². The van der Waals surface area contributed by atoms with Crippen molar-refractivity contribution in [2.75, 3.05) is 0 Å². The van der Waals surface area contributed by atoms with Gasteiger partial charge in [0.1, 0.15) is 17.4 Å². The lowest BCUT2D eigenvalue weighted by molar-refractivity contribution is 0.0978. The van der Waals surface area contributed by atoms with Gasteiger partial charge in [-0.15, -0.1) is 0 Å². The van der Waals surface area contributed by atoms with E-state index in [2.05, 4.69) is 0 Å². The summed E-state index contributed by atoms with van der Waals surface area (Å²) in [7, 11) is 0. The Morgan fingerprint density at radius 3 is 2.16 bits per heavy atom. The third kappa shape index (κ3) is 1.39. The van der Waals surface area contributed by atoms with Crippen LogP contribution in [0.15, 0.2) is 36.4 Å². The van der Waals surface area contributed by atoms with E-state index in [1.165, 1.54) is 12.1 Å². The summed E-state index contributed by atoms with van der Waals surface area (Å²) in [5.41, 5.74) is 0.603. The van der Waals surface area contributed by atoms with Gasteiger partial charge in [0.05, 0.1) is 5.56 Å². The second kappa shape index (κ2) is 3.79. The van der Waals surface area contributed by atoms with Crippen molar-refractivity contribution in [3.63, 3.8) is 0 Å². The number of rotatable bonds is 0. The number of carbonyl (C=O) groups is 2. The summed E-state index contributed by atoms with van der Waals surface area (Å²) in [6.07, 6.45) is 0. The van der Waals surface area contributed by atoms with Gasteiger partial charge in [-0.3, -0.25) is 9.59 Å². The number of benzene rings is 2. The third-order valence-electron chi connectivity index (χ3n) is 3.18. The molecule has 0 fully saturated rings. The lowest BCUT2D eigenvalue weighted by Gasteiger charge is -2.18. The molecule has 1 aliphatic rings. The van der Waals surface area contributed by atoms with Gasteiger partial charge in [-0.1, -0.05) is 24.3 Å². The maximum atomic E-state index is 12.4. The zero-order chi connectivity index (χ0) is 13.6. The first-order chi connectivity index (χ1) is 9.15. The zero-order valence-electron chi connectivity index (χ0n) is 9.68. The van der Waals surface area contributed by atoms with Crippen molar-refractivity contribution >= 4 is 11.6 Å². The molecule has 0 atom stereocenters. The number of hydrogen-bond acceptors (Lipinski definition) is 4. The molecule has 4 heteroatoms. The van der Waals surface area contributed by atoms with E-state index in [0.717, 1.165) is 0 Å². The minimum absolute atomic E-state index is 0.00815. The number of phenols is 1. The van der Waals surface area contributed by atoms with Gasteiger partial charge in [0.2, 0.25) is 0 Å². The van der Waals surface area contributed by atoms with E-state index in [4.69, 9.17) is 5.26 Å². The highest BCUT2D eigenvalue weighted by molar-refractivity contribution is 6.29. The molecule has 0 heterocycles. The average molecular weight is 249 g/mol. The summed E-state index contributed by atoms with van der Waals surface area (Å²) >= 11 is 0. The fourth-order valence-corrected chi connectivity index (χ4v) is 2.29. The van der Waals surface area contributed by atoms with Crippen LogP contribution in [0.2, 0.25) is 0 Å². The molecular weight excluding hydrogens is 242 g/mol. The van der Waals surface area contributed by atoms with Gasteiger partial charge >= 0.3 is 0 Å². The van der Waals surface area contributed by atoms with Crippen LogP contribution in [0.3, 0.4) is 0 Å². The van der Waals surface area contributed by atoms with E-state index >= 15 is 0 Å². The molecule has 2 aromatic rings. The van der Waals surface area contributed by atoms with Crippen LogP contribution in [0.5, 0.6) is 5.75 Å². The van der Waals surface area contributed by atoms with Crippen molar-refractivity contribution in [2.45, 2.75) is 0 Å². The number of phenolic OH excluding ortho intramolecular Hbond substituents is 1. The van der Waals surface area contributed by atoms with Crippen LogP contribution < -0.4 is 0 Å². The summed E-state index contributed by atoms with van der Waals surface area (Å²) in [5, 5.41) is 18.7. The van der Waals surface area contributed by atoms with Crippen LogP contribution in [0.4, 0.5) is 0 Å². The highest BCUT2D eigenvalue weighted by Gasteiger charge is 2.32. The summed E-state index contributed by atoms with van der Waals surface area (Å²) in [6, 6.07) is 10.9. The minimum atomic E-state index is -0.405. The summed E-state index contributed by atoms with van der Waals surface area (Å²) in [4.78, 5) is 24.7. The zero-order valence-corrected chi connectivity index (χ0v) is 9.68. The van der Waals surface area contributed by atoms with Crippen LogP contribution >= 0.6 is 0 Å². The first-order valence-corrected chi connectivity index (χ1v) is 5.59. The van der Waals surface area contributed by atoms with E-state index in [0.29, 0.717) is 5.56 Å². The molecule has 0 aromatic heterocycles. The van der Waals surface area contributed by atoms with Crippen LogP contribution in [0.25, 0.3) is 0 Å². The molecule has 0 radical (unpaired) electrons. The Labute approximate surface area is 108 Å². The van der Waals surface area contributed by atoms with Crippen LogP contribution in [-0.2, 0) is 0 Å². The van der Waals surface area contributed by atoms with Crippen LogP contribution in [0.1, 0.15) is 37.4 Å². The van der Waals surface area contributed by atoms with Crippen molar-refractivity contribution in [1.82, 2.24) is 0 Å². The minimum Gasteiger partial charge on any atom is -0.507 e. The molecule has 19 heavy (non-hydrogen) atoms. The molecule has 0 spiro atoms. The van der Waals surface area contributed by atoms with Crippen molar-refractivity contribution in [3.8, 4) is 11.8 Å². The molecule has 0 saturated carbocycles. The fourth-order valence-electron chi connectivity index (χ4n) is 2.29. The molecule has 3 rings (SSSR count). The first kappa shape index (κ1) is 11.2. The molecule has 0 amide bonds. The van der Waals surface area contributed by atoms with Crippen molar-refractivity contribution in [3.05, 3.63) is 64.2 Å². The number of carbonyl (C=O) groups excluding carboxylic acids is 2. The van der Waals surface area contributed by atoms with Crippen molar-refractivity contribution in [1.29, 1.82) is 5.26 Å². The molecule has 0 aliphatic heterocycles. The smallest absolute Gasteiger partial charge is 0.195 e. The topological polar surface area (TPSA) is 78.2 Å². The van der Waals surface area contributed by atoms with Gasteiger partial charge < -0.3 is 5.11 Å². The van der Waals surface area contributed by atoms with Crippen molar-refractivity contribution in [2.24, 2.45) is 0 Å². The molecule has 1 aliphatic carbocycles. The largest absolute Gasteiger partial charge is 0.507 e. The molecule has 0 saturated heterocycles. The number of ketones is 2. The monoisotopic (exact) mass is 249 g/mol. The number of fused-ring (bicyclic) bond motifs is 2. The predicted octanol–water partition coefficient (Wildman–Crippen LogP) is 2.04. The Balaban J connectivity index is 2.40. The van der Waals surface area contributed by atoms with Gasteiger partial charge in [0.25, 0.3) is 0 Å². The number of aromatic hydroxyl groups is 1. The average Bonchev–Trinajstić information content (AvgIpc) is 2.44. The lowest BCUT2D eigenvalue weighted by atomic mass is 9.82. The highest BCUT2D eigenvalue weighted by Crippen LogP contribution is 2.32. The van der Waals surface area contributed by atoms with Gasteiger partial charge in [-0.25, -0.2) is 0 Å². The Hall–Kier alpha value is -2.93. The van der Waals surface area contributed by atoms with Crippen molar-refractivity contribution < 1.29 is 14.7 Å². The second-order valence-electron chi connectivity index (χ2n) is 4.20. The molecular formula is C15H7NO3. The molecule has 4 nitrogen and oxygen atoms in total. The van der Waals surface area contributed by atoms with E-state index in [1.54, 1.807) is 30.3 Å². The molecule has 2 aromatic carbocycles. The Morgan fingerprint density at radius 2 is 1.53 bits per heavy atom. The van der Waals surface area contributed by atoms with Gasteiger partial charge in [0, 0.05) is 16.7 Å². The summed E-state index contributed by atoms with van der Waals surface area (Å²) in [6.45, 7) is 0. The number of hydrogen-bond donors (Lipinski definition) is 1. The quantitative estimate of drug-likeness (QED) is 0.661. The van der Waals surface area contributed by atoms with E-state index in [9.17, 15) is 14.7 Å². The Bertz CT molecular complexity index is 784. The molecule has 1 N–H and O–H groups in total. The van der Waals surface area contributed by atoms with Crippen LogP contribution in [-0.4, -0.2) is 16.7 Å². The SMILES string of the molecule is N#Cc1c(O)ccc2c1C(=O)c1ccccc1C2=O. The summed E-state index contributed by atoms with van der Waals surface area (Å²) < 4.78 is 0. The number of nitriles is 1. The number of nitrogens with zero attached hydrogens (tertiary/aromatic N) is 1. The fraction of sp³-hybridized carbons (Fsp3) is 0. The van der Waals surface area contributed by atoms with E-state index in [1.807, 2.05) is 0 Å². The Morgan fingerprint density at radius 1 is 0.895 bits per heavy atom. The van der Waals surface area contributed by atoms with E-state index < -0.39 is 5.78 Å². The second-order valence-corrected chi connectivity index (χ2v) is 4.20. The predicted molar refractivity (Wildman–Crippen MR) is 66.1 cm³/mol. The molecule has 0 bridgehead atoms. The normalized spacial score (nSPS) is 12.6.